The molecule has 0 unspecified atom stereocenters. The Morgan fingerprint density at radius 1 is 1.47 bits per heavy atom. The van der Waals surface area contributed by atoms with Crippen molar-refractivity contribution in [2.45, 2.75) is 6.18 Å². The molecule has 0 aliphatic heterocycles. The maximum absolute atomic E-state index is 12.7. The number of halogens is 4. The summed E-state index contributed by atoms with van der Waals surface area (Å²) < 4.78 is 38.2. The number of rotatable bonds is 3. The molecule has 5 nitrogen and oxygen atoms in total. The van der Waals surface area contributed by atoms with E-state index in [-0.39, 0.29) is 6.07 Å². The number of nitro groups is 1. The van der Waals surface area contributed by atoms with E-state index in [1.54, 1.807) is 0 Å². The van der Waals surface area contributed by atoms with E-state index in [9.17, 15) is 28.1 Å². The highest BCUT2D eigenvalue weighted by Crippen LogP contribution is 2.36. The van der Waals surface area contributed by atoms with Crippen molar-refractivity contribution in [3.8, 4) is 6.07 Å². The molecule has 0 spiro atoms. The molecule has 0 aliphatic rings. The first kappa shape index (κ1) is 14.9. The summed E-state index contributed by atoms with van der Waals surface area (Å²) in [5, 5.41) is 19.2. The molecule has 0 N–H and O–H groups in total. The molecule has 0 aliphatic carbocycles. The van der Waals surface area contributed by atoms with Gasteiger partial charge in [-0.3, -0.25) is 14.9 Å². The summed E-state index contributed by atoms with van der Waals surface area (Å²) in [7, 11) is 0. The Balaban J connectivity index is 3.69. The minimum absolute atomic E-state index is 0.276. The minimum Gasteiger partial charge on any atom is -0.293 e. The Morgan fingerprint density at radius 2 is 2.05 bits per heavy atom. The molecule has 0 saturated carbocycles. The Morgan fingerprint density at radius 3 is 2.42 bits per heavy atom. The van der Waals surface area contributed by atoms with Gasteiger partial charge in [0.05, 0.1) is 16.4 Å². The summed E-state index contributed by atoms with van der Waals surface area (Å²) in [6, 6.07) is 1.99. The third kappa shape index (κ3) is 3.00. The number of carbonyl (C=O) groups is 1. The Labute approximate surface area is 109 Å². The number of nitro benzene ring substituents is 1. The molecule has 1 rings (SSSR count). The van der Waals surface area contributed by atoms with Gasteiger partial charge in [0, 0.05) is 11.6 Å². The van der Waals surface area contributed by atoms with Crippen molar-refractivity contribution >= 4 is 23.1 Å². The summed E-state index contributed by atoms with van der Waals surface area (Å²) in [5.74, 6) is -1.87. The van der Waals surface area contributed by atoms with E-state index < -0.39 is 45.1 Å². The molecule has 0 aromatic heterocycles. The third-order valence-electron chi connectivity index (χ3n) is 2.18. The van der Waals surface area contributed by atoms with Crippen molar-refractivity contribution in [3.05, 3.63) is 38.9 Å². The molecule has 0 saturated heterocycles. The second-order valence-electron chi connectivity index (χ2n) is 3.34. The predicted molar refractivity (Wildman–Crippen MR) is 57.9 cm³/mol. The van der Waals surface area contributed by atoms with Crippen LogP contribution in [0.4, 0.5) is 18.9 Å². The molecule has 100 valence electrons. The van der Waals surface area contributed by atoms with Gasteiger partial charge in [0.1, 0.15) is 11.6 Å². The molecule has 0 bridgehead atoms. The number of nitrogens with zero attached hydrogens (tertiary/aromatic N) is 2. The number of hydrogen-bond donors (Lipinski definition) is 0. The maximum Gasteiger partial charge on any atom is 0.417 e. The fourth-order valence-corrected chi connectivity index (χ4v) is 1.51. The average Bonchev–Trinajstić information content (AvgIpc) is 2.34. The van der Waals surface area contributed by atoms with Gasteiger partial charge in [-0.05, 0) is 6.07 Å². The summed E-state index contributed by atoms with van der Waals surface area (Å²) in [4.78, 5) is 20.9. The normalized spacial score (nSPS) is 10.9. The molecular weight excluding hydrogens is 289 g/mol. The van der Waals surface area contributed by atoms with Crippen molar-refractivity contribution < 1.29 is 22.9 Å². The Hall–Kier alpha value is -2.14. The van der Waals surface area contributed by atoms with Crippen LogP contribution in [0.5, 0.6) is 0 Å². The minimum atomic E-state index is -4.92. The highest BCUT2D eigenvalue weighted by Gasteiger charge is 2.37. The lowest BCUT2D eigenvalue weighted by atomic mass is 9.99. The Kier molecular flexibility index (Phi) is 4.11. The highest BCUT2D eigenvalue weighted by molar-refractivity contribution is 6.30. The zero-order valence-electron chi connectivity index (χ0n) is 8.99. The number of nitriles is 1. The molecule has 9 heteroatoms. The van der Waals surface area contributed by atoms with Crippen molar-refractivity contribution in [1.29, 1.82) is 5.26 Å². The van der Waals surface area contributed by atoms with Crippen LogP contribution >= 0.6 is 11.6 Å². The molecule has 0 fully saturated rings. The lowest BCUT2D eigenvalue weighted by Gasteiger charge is -2.11. The lowest BCUT2D eigenvalue weighted by Crippen LogP contribution is -2.15. The van der Waals surface area contributed by atoms with Crippen LogP contribution in [0.25, 0.3) is 0 Å². The Bertz CT molecular complexity index is 593. The average molecular weight is 293 g/mol. The van der Waals surface area contributed by atoms with Crippen LogP contribution in [0.15, 0.2) is 12.1 Å². The van der Waals surface area contributed by atoms with Gasteiger partial charge in [0.15, 0.2) is 5.78 Å². The van der Waals surface area contributed by atoms with Crippen molar-refractivity contribution in [3.63, 3.8) is 0 Å². The van der Waals surface area contributed by atoms with Crippen LogP contribution in [0.2, 0.25) is 0 Å². The van der Waals surface area contributed by atoms with E-state index in [0.717, 1.165) is 0 Å². The number of benzene rings is 1. The third-order valence-corrected chi connectivity index (χ3v) is 2.42. The van der Waals surface area contributed by atoms with E-state index in [2.05, 4.69) is 0 Å². The van der Waals surface area contributed by atoms with Gasteiger partial charge in [-0.25, -0.2) is 0 Å². The molecule has 0 radical (unpaired) electrons. The second kappa shape index (κ2) is 5.24. The fourth-order valence-electron chi connectivity index (χ4n) is 1.37. The lowest BCUT2D eigenvalue weighted by molar-refractivity contribution is -0.385. The maximum atomic E-state index is 12.7. The topological polar surface area (TPSA) is 84.0 Å². The molecule has 0 atom stereocenters. The van der Waals surface area contributed by atoms with E-state index >= 15 is 0 Å². The predicted octanol–water partition coefficient (Wildman–Crippen LogP) is 2.91. The number of ketones is 1. The van der Waals surface area contributed by atoms with E-state index in [4.69, 9.17) is 16.9 Å². The first-order valence-electron chi connectivity index (χ1n) is 4.61. The zero-order valence-corrected chi connectivity index (χ0v) is 9.75. The largest absolute Gasteiger partial charge is 0.417 e. The van der Waals surface area contributed by atoms with Gasteiger partial charge >= 0.3 is 6.18 Å². The number of hydrogen-bond acceptors (Lipinski definition) is 4. The highest BCUT2D eigenvalue weighted by atomic mass is 35.5. The fraction of sp³-hybridized carbons (Fsp3) is 0.200. The molecule has 0 amide bonds. The van der Waals surface area contributed by atoms with Gasteiger partial charge in [-0.2, -0.15) is 18.4 Å². The van der Waals surface area contributed by atoms with Gasteiger partial charge in [-0.15, -0.1) is 11.6 Å². The molecule has 19 heavy (non-hydrogen) atoms. The van der Waals surface area contributed by atoms with Crippen LogP contribution in [-0.2, 0) is 6.18 Å². The zero-order chi connectivity index (χ0) is 14.8. The van der Waals surface area contributed by atoms with Gasteiger partial charge in [0.25, 0.3) is 5.69 Å². The van der Waals surface area contributed by atoms with Crippen molar-refractivity contribution in [2.24, 2.45) is 0 Å². The van der Waals surface area contributed by atoms with Crippen molar-refractivity contribution in [2.75, 3.05) is 5.88 Å². The van der Waals surface area contributed by atoms with Crippen LogP contribution < -0.4 is 0 Å². The van der Waals surface area contributed by atoms with Gasteiger partial charge < -0.3 is 0 Å². The number of carbonyl (C=O) groups excluding carboxylic acids is 1. The SMILES string of the molecule is N#Cc1cc(C(F)(F)F)c(C(=O)CCl)cc1[N+](=O)[O-]. The van der Waals surface area contributed by atoms with Crippen molar-refractivity contribution in [1.82, 2.24) is 0 Å². The second-order valence-corrected chi connectivity index (χ2v) is 3.61. The van der Waals surface area contributed by atoms with Gasteiger partial charge in [0.2, 0.25) is 0 Å². The molecule has 0 heterocycles. The quantitative estimate of drug-likeness (QED) is 0.371. The standard InChI is InChI=1S/C10H4ClF3N2O3/c11-3-9(17)6-2-8(16(18)19)5(4-15)1-7(6)10(12,13)14/h1-2H,3H2. The van der Waals surface area contributed by atoms with E-state index in [1.807, 2.05) is 0 Å². The summed E-state index contributed by atoms with van der Waals surface area (Å²) >= 11 is 5.16. The summed E-state index contributed by atoms with van der Waals surface area (Å²) in [6.45, 7) is 0. The first-order valence-corrected chi connectivity index (χ1v) is 5.14. The van der Waals surface area contributed by atoms with Crippen LogP contribution in [0.1, 0.15) is 21.5 Å². The van der Waals surface area contributed by atoms with Crippen LogP contribution in [-0.4, -0.2) is 16.6 Å². The van der Waals surface area contributed by atoms with Gasteiger partial charge in [-0.1, -0.05) is 0 Å². The molecular formula is C10H4ClF3N2O3. The van der Waals surface area contributed by atoms with E-state index in [0.29, 0.717) is 6.07 Å². The smallest absolute Gasteiger partial charge is 0.293 e. The summed E-state index contributed by atoms with van der Waals surface area (Å²) in [6.07, 6.45) is -4.92. The molecule has 1 aromatic rings. The summed E-state index contributed by atoms with van der Waals surface area (Å²) in [5.41, 5.74) is -3.99. The number of alkyl halides is 4. The number of Topliss-reactive ketones (excluding diaryl/α,β-unsaturated/α-hetero) is 1. The first-order chi connectivity index (χ1) is 8.72. The van der Waals surface area contributed by atoms with Crippen LogP contribution in [0.3, 0.4) is 0 Å². The monoisotopic (exact) mass is 292 g/mol. The van der Waals surface area contributed by atoms with Crippen LogP contribution in [0, 0.1) is 21.4 Å². The van der Waals surface area contributed by atoms with E-state index in [1.165, 1.54) is 6.07 Å². The molecule has 1 aromatic carbocycles.